The van der Waals surface area contributed by atoms with Gasteiger partial charge in [0.05, 0.1) is 18.4 Å². The van der Waals surface area contributed by atoms with E-state index in [0.717, 1.165) is 62.3 Å². The number of H-pyrrole nitrogens is 1. The highest BCUT2D eigenvalue weighted by Crippen LogP contribution is 2.16. The summed E-state index contributed by atoms with van der Waals surface area (Å²) in [4.78, 5) is 19.4. The number of aromatic nitrogens is 2. The molecule has 0 unspecified atom stereocenters. The van der Waals surface area contributed by atoms with Crippen LogP contribution in [0.5, 0.6) is 0 Å². The third kappa shape index (κ3) is 6.43. The molecular formula is C26H35N7. The van der Waals surface area contributed by atoms with E-state index in [-0.39, 0.29) is 0 Å². The van der Waals surface area contributed by atoms with Crippen LogP contribution in [0.15, 0.2) is 65.8 Å². The molecule has 7 heteroatoms. The average molecular weight is 446 g/mol. The van der Waals surface area contributed by atoms with Gasteiger partial charge in [-0.15, -0.1) is 0 Å². The number of aromatic amines is 1. The quantitative estimate of drug-likeness (QED) is 0.432. The van der Waals surface area contributed by atoms with Crippen LogP contribution in [-0.2, 0) is 19.6 Å². The van der Waals surface area contributed by atoms with E-state index in [9.17, 15) is 0 Å². The molecule has 4 rings (SSSR count). The summed E-state index contributed by atoms with van der Waals surface area (Å²) >= 11 is 0. The van der Waals surface area contributed by atoms with Crippen molar-refractivity contribution in [2.75, 3.05) is 47.3 Å². The number of nitrogens with zero attached hydrogens (tertiary/aromatic N) is 5. The lowest BCUT2D eigenvalue weighted by Crippen LogP contribution is -2.43. The third-order valence-electron chi connectivity index (χ3n) is 6.15. The molecule has 0 amide bonds. The lowest BCUT2D eigenvalue weighted by Gasteiger charge is -2.32. The molecule has 2 heterocycles. The number of imidazole rings is 1. The molecule has 33 heavy (non-hydrogen) atoms. The normalized spacial score (nSPS) is 15.5. The lowest BCUT2D eigenvalue weighted by atomic mass is 10.1. The van der Waals surface area contributed by atoms with Crippen LogP contribution in [0.4, 0.5) is 0 Å². The number of piperazine rings is 1. The summed E-state index contributed by atoms with van der Waals surface area (Å²) in [6, 6.07) is 19.2. The Balaban J connectivity index is 1.27. The fraction of sp³-hybridized carbons (Fsp3) is 0.385. The van der Waals surface area contributed by atoms with Crippen LogP contribution in [-0.4, -0.2) is 77.9 Å². The zero-order valence-electron chi connectivity index (χ0n) is 20.0. The molecule has 0 aliphatic carbocycles. The molecule has 0 radical (unpaired) electrons. The zero-order valence-corrected chi connectivity index (χ0v) is 20.0. The number of guanidine groups is 1. The smallest absolute Gasteiger partial charge is 0.194 e. The minimum atomic E-state index is 0.649. The molecule has 0 saturated carbocycles. The molecule has 2 aromatic carbocycles. The van der Waals surface area contributed by atoms with E-state index >= 15 is 0 Å². The summed E-state index contributed by atoms with van der Waals surface area (Å²) in [5.41, 5.74) is 4.78. The minimum absolute atomic E-state index is 0.649. The Bertz CT molecular complexity index is 1020. The highest BCUT2D eigenvalue weighted by Gasteiger charge is 2.14. The summed E-state index contributed by atoms with van der Waals surface area (Å²) in [6.07, 6.45) is 1.89. The Labute approximate surface area is 197 Å². The van der Waals surface area contributed by atoms with Crippen LogP contribution in [0, 0.1) is 0 Å². The molecule has 0 bridgehead atoms. The standard InChI is InChI=1S/C26H35N7/c1-27-26(32(3)20-25-28-18-24(30-25)23-7-5-4-6-8-23)29-17-21-9-11-22(12-10-21)19-33-15-13-31(2)14-16-33/h4-12,18H,13-17,19-20H2,1-3H3,(H,27,29)(H,28,30). The Morgan fingerprint density at radius 3 is 2.42 bits per heavy atom. The summed E-state index contributed by atoms with van der Waals surface area (Å²) in [5, 5.41) is 3.47. The molecule has 7 nitrogen and oxygen atoms in total. The number of nitrogens with one attached hydrogen (secondary N) is 2. The summed E-state index contributed by atoms with van der Waals surface area (Å²) in [6.45, 7) is 7.01. The number of hydrogen-bond donors (Lipinski definition) is 2. The Morgan fingerprint density at radius 2 is 1.73 bits per heavy atom. The fourth-order valence-corrected chi connectivity index (χ4v) is 4.10. The zero-order chi connectivity index (χ0) is 23.0. The van der Waals surface area contributed by atoms with Crippen LogP contribution in [0.25, 0.3) is 11.3 Å². The highest BCUT2D eigenvalue weighted by atomic mass is 15.3. The van der Waals surface area contributed by atoms with Gasteiger partial charge in [0, 0.05) is 53.4 Å². The molecule has 0 atom stereocenters. The van der Waals surface area contributed by atoms with Crippen molar-refractivity contribution >= 4 is 5.96 Å². The van der Waals surface area contributed by atoms with E-state index in [4.69, 9.17) is 0 Å². The second-order valence-corrected chi connectivity index (χ2v) is 8.76. The molecule has 0 spiro atoms. The van der Waals surface area contributed by atoms with Crippen molar-refractivity contribution in [1.29, 1.82) is 0 Å². The van der Waals surface area contributed by atoms with Gasteiger partial charge in [0.1, 0.15) is 5.82 Å². The summed E-state index contributed by atoms with van der Waals surface area (Å²) < 4.78 is 0. The van der Waals surface area contributed by atoms with Crippen molar-refractivity contribution in [1.82, 2.24) is 30.0 Å². The second kappa shape index (κ2) is 11.1. The summed E-state index contributed by atoms with van der Waals surface area (Å²) in [7, 11) is 6.04. The van der Waals surface area contributed by atoms with Gasteiger partial charge in [0.2, 0.25) is 0 Å². The minimum Gasteiger partial charge on any atom is -0.352 e. The van der Waals surface area contributed by atoms with Crippen LogP contribution in [0.3, 0.4) is 0 Å². The largest absolute Gasteiger partial charge is 0.352 e. The predicted octanol–water partition coefficient (Wildman–Crippen LogP) is 3.03. The van der Waals surface area contributed by atoms with Crippen molar-refractivity contribution < 1.29 is 0 Å². The molecule has 1 aliphatic heterocycles. The lowest BCUT2D eigenvalue weighted by molar-refractivity contribution is 0.148. The topological polar surface area (TPSA) is 62.8 Å². The van der Waals surface area contributed by atoms with Gasteiger partial charge in [0.25, 0.3) is 0 Å². The van der Waals surface area contributed by atoms with Gasteiger partial charge in [-0.2, -0.15) is 0 Å². The van der Waals surface area contributed by atoms with Crippen molar-refractivity contribution in [2.45, 2.75) is 19.6 Å². The van der Waals surface area contributed by atoms with E-state index < -0.39 is 0 Å². The van der Waals surface area contributed by atoms with E-state index in [0.29, 0.717) is 6.54 Å². The van der Waals surface area contributed by atoms with Crippen molar-refractivity contribution in [2.24, 2.45) is 4.99 Å². The van der Waals surface area contributed by atoms with Crippen LogP contribution in [0.1, 0.15) is 17.0 Å². The van der Waals surface area contributed by atoms with E-state index in [1.807, 2.05) is 38.5 Å². The number of hydrogen-bond acceptors (Lipinski definition) is 4. The van der Waals surface area contributed by atoms with Gasteiger partial charge in [-0.05, 0) is 23.7 Å². The molecule has 1 aliphatic rings. The molecule has 174 valence electrons. The molecule has 3 aromatic rings. The van der Waals surface area contributed by atoms with E-state index in [2.05, 4.69) is 78.4 Å². The van der Waals surface area contributed by atoms with Crippen molar-refractivity contribution in [3.63, 3.8) is 0 Å². The first-order valence-corrected chi connectivity index (χ1v) is 11.6. The first-order chi connectivity index (χ1) is 16.1. The Morgan fingerprint density at radius 1 is 1.03 bits per heavy atom. The fourth-order valence-electron chi connectivity index (χ4n) is 4.10. The molecule has 1 saturated heterocycles. The van der Waals surface area contributed by atoms with Crippen molar-refractivity contribution in [3.05, 3.63) is 77.7 Å². The van der Waals surface area contributed by atoms with Gasteiger partial charge < -0.3 is 20.1 Å². The van der Waals surface area contributed by atoms with Crippen LogP contribution < -0.4 is 5.32 Å². The van der Waals surface area contributed by atoms with E-state index in [1.54, 1.807) is 0 Å². The van der Waals surface area contributed by atoms with Gasteiger partial charge in [0.15, 0.2) is 5.96 Å². The van der Waals surface area contributed by atoms with Gasteiger partial charge in [-0.3, -0.25) is 9.89 Å². The Hall–Kier alpha value is -3.16. The van der Waals surface area contributed by atoms with Crippen LogP contribution in [0.2, 0.25) is 0 Å². The molecule has 2 N–H and O–H groups in total. The molecule has 1 fully saturated rings. The first-order valence-electron chi connectivity index (χ1n) is 11.6. The first kappa shape index (κ1) is 23.0. The number of aliphatic imine (C=N–C) groups is 1. The SMILES string of the molecule is CN=C(NCc1ccc(CN2CCN(C)CC2)cc1)N(C)Cc1ncc(-c2ccccc2)[nH]1. The number of likely N-dealkylation sites (N-methyl/N-ethyl adjacent to an activating group) is 1. The second-order valence-electron chi connectivity index (χ2n) is 8.76. The van der Waals surface area contributed by atoms with Gasteiger partial charge in [-0.25, -0.2) is 4.98 Å². The monoisotopic (exact) mass is 445 g/mol. The van der Waals surface area contributed by atoms with Gasteiger partial charge >= 0.3 is 0 Å². The molecule has 1 aromatic heterocycles. The maximum atomic E-state index is 4.54. The maximum Gasteiger partial charge on any atom is 0.194 e. The predicted molar refractivity (Wildman–Crippen MR) is 135 cm³/mol. The number of benzene rings is 2. The number of rotatable bonds is 7. The highest BCUT2D eigenvalue weighted by molar-refractivity contribution is 5.79. The third-order valence-corrected chi connectivity index (χ3v) is 6.15. The van der Waals surface area contributed by atoms with Gasteiger partial charge in [-0.1, -0.05) is 54.6 Å². The average Bonchev–Trinajstić information content (AvgIpc) is 3.31. The summed E-state index contributed by atoms with van der Waals surface area (Å²) in [5.74, 6) is 1.75. The van der Waals surface area contributed by atoms with Crippen LogP contribution >= 0.6 is 0 Å². The van der Waals surface area contributed by atoms with E-state index in [1.165, 1.54) is 11.1 Å². The van der Waals surface area contributed by atoms with Crippen molar-refractivity contribution in [3.8, 4) is 11.3 Å². The maximum absolute atomic E-state index is 4.54. The molecular weight excluding hydrogens is 410 g/mol. The Kier molecular flexibility index (Phi) is 7.75.